The Morgan fingerprint density at radius 1 is 0.840 bits per heavy atom. The molecule has 0 bridgehead atoms. The van der Waals surface area contributed by atoms with E-state index in [0.717, 1.165) is 18.6 Å². The van der Waals surface area contributed by atoms with Gasteiger partial charge in [0.05, 0.1) is 19.3 Å². The van der Waals surface area contributed by atoms with E-state index in [1.165, 1.54) is 18.6 Å². The molecule has 0 saturated carbocycles. The van der Waals surface area contributed by atoms with E-state index in [-0.39, 0.29) is 12.0 Å². The first-order chi connectivity index (χ1) is 12.1. The lowest BCUT2D eigenvalue weighted by atomic mass is 9.92. The summed E-state index contributed by atoms with van der Waals surface area (Å²) >= 11 is 0. The summed E-state index contributed by atoms with van der Waals surface area (Å²) < 4.78 is 44.5. The topological polar surface area (TPSA) is 27.7 Å². The van der Waals surface area contributed by atoms with Crippen molar-refractivity contribution in [3.8, 4) is 0 Å². The molecule has 0 N–H and O–H groups in total. The van der Waals surface area contributed by atoms with Gasteiger partial charge >= 0.3 is 0 Å². The second-order valence-corrected chi connectivity index (χ2v) is 7.19. The highest BCUT2D eigenvalue weighted by Crippen LogP contribution is 2.32. The SMILES string of the molecule is CC1CCC(C2COC(c3ccc4cc(F)c(F)cc4c3)OC2)OC1. The van der Waals surface area contributed by atoms with Crippen molar-refractivity contribution in [3.05, 3.63) is 47.5 Å². The lowest BCUT2D eigenvalue weighted by molar-refractivity contribution is -0.227. The van der Waals surface area contributed by atoms with E-state index in [4.69, 9.17) is 14.2 Å². The number of halogens is 2. The summed E-state index contributed by atoms with van der Waals surface area (Å²) in [5.41, 5.74) is 0.815. The van der Waals surface area contributed by atoms with E-state index in [1.54, 1.807) is 12.1 Å². The van der Waals surface area contributed by atoms with Gasteiger partial charge in [-0.25, -0.2) is 8.78 Å². The van der Waals surface area contributed by atoms with Crippen molar-refractivity contribution in [2.45, 2.75) is 32.2 Å². The molecule has 0 aromatic heterocycles. The first-order valence-electron chi connectivity index (χ1n) is 8.83. The van der Waals surface area contributed by atoms with Gasteiger partial charge in [0.25, 0.3) is 0 Å². The van der Waals surface area contributed by atoms with Crippen LogP contribution in [0.15, 0.2) is 30.3 Å². The third-order valence-corrected chi connectivity index (χ3v) is 5.16. The fourth-order valence-corrected chi connectivity index (χ4v) is 3.61. The molecule has 2 heterocycles. The number of hydrogen-bond donors (Lipinski definition) is 0. The zero-order valence-corrected chi connectivity index (χ0v) is 14.2. The quantitative estimate of drug-likeness (QED) is 0.794. The Balaban J connectivity index is 1.43. The summed E-state index contributed by atoms with van der Waals surface area (Å²) in [5, 5.41) is 1.29. The first kappa shape index (κ1) is 16.9. The standard InChI is InChI=1S/C20H22F2O3/c1-12-2-5-19(23-9-12)16-10-24-20(25-11-16)14-4-3-13-7-17(21)18(22)8-15(13)6-14/h3-4,6-8,12,16,19-20H,2,5,9-11H2,1H3. The minimum absolute atomic E-state index is 0.200. The Morgan fingerprint density at radius 2 is 1.56 bits per heavy atom. The molecule has 2 aromatic rings. The minimum Gasteiger partial charge on any atom is -0.377 e. The van der Waals surface area contributed by atoms with Crippen LogP contribution in [0.3, 0.4) is 0 Å². The Hall–Kier alpha value is -1.56. The summed E-state index contributed by atoms with van der Waals surface area (Å²) in [5.74, 6) is -0.818. The molecule has 2 saturated heterocycles. The summed E-state index contributed by atoms with van der Waals surface area (Å²) in [6, 6.07) is 7.80. The maximum Gasteiger partial charge on any atom is 0.183 e. The van der Waals surface area contributed by atoms with Gasteiger partial charge in [-0.2, -0.15) is 0 Å². The number of hydrogen-bond acceptors (Lipinski definition) is 3. The molecule has 25 heavy (non-hydrogen) atoms. The van der Waals surface area contributed by atoms with Gasteiger partial charge in [0.1, 0.15) is 0 Å². The monoisotopic (exact) mass is 348 g/mol. The highest BCUT2D eigenvalue weighted by molar-refractivity contribution is 5.83. The van der Waals surface area contributed by atoms with Crippen LogP contribution < -0.4 is 0 Å². The predicted molar refractivity (Wildman–Crippen MR) is 90.1 cm³/mol. The van der Waals surface area contributed by atoms with Crippen LogP contribution in [0.5, 0.6) is 0 Å². The molecule has 3 nitrogen and oxygen atoms in total. The largest absolute Gasteiger partial charge is 0.377 e. The van der Waals surface area contributed by atoms with E-state index >= 15 is 0 Å². The lowest BCUT2D eigenvalue weighted by Crippen LogP contribution is -2.39. The van der Waals surface area contributed by atoms with Gasteiger partial charge in [-0.15, -0.1) is 0 Å². The molecule has 2 atom stereocenters. The zero-order chi connectivity index (χ0) is 17.4. The molecule has 0 amide bonds. The van der Waals surface area contributed by atoms with Crippen molar-refractivity contribution in [2.75, 3.05) is 19.8 Å². The molecule has 0 radical (unpaired) electrons. The molecular formula is C20H22F2O3. The average molecular weight is 348 g/mol. The first-order valence-corrected chi connectivity index (χ1v) is 8.83. The van der Waals surface area contributed by atoms with Crippen LogP contribution in [0.4, 0.5) is 8.78 Å². The molecule has 2 fully saturated rings. The number of ether oxygens (including phenoxy) is 3. The van der Waals surface area contributed by atoms with E-state index in [0.29, 0.717) is 29.9 Å². The van der Waals surface area contributed by atoms with Gasteiger partial charge in [-0.05, 0) is 47.7 Å². The van der Waals surface area contributed by atoms with Gasteiger partial charge in [0.2, 0.25) is 0 Å². The highest BCUT2D eigenvalue weighted by Gasteiger charge is 2.32. The van der Waals surface area contributed by atoms with Crippen molar-refractivity contribution >= 4 is 10.8 Å². The van der Waals surface area contributed by atoms with E-state index < -0.39 is 17.9 Å². The van der Waals surface area contributed by atoms with E-state index in [1.807, 2.05) is 6.07 Å². The van der Waals surface area contributed by atoms with E-state index in [2.05, 4.69) is 6.92 Å². The molecule has 2 aliphatic rings. The molecule has 0 aliphatic carbocycles. The van der Waals surface area contributed by atoms with Crippen LogP contribution in [0, 0.1) is 23.5 Å². The molecular weight excluding hydrogens is 326 g/mol. The Bertz CT molecular complexity index is 748. The third kappa shape index (κ3) is 3.54. The van der Waals surface area contributed by atoms with Crippen molar-refractivity contribution < 1.29 is 23.0 Å². The lowest BCUT2D eigenvalue weighted by Gasteiger charge is -2.37. The van der Waals surface area contributed by atoms with Crippen LogP contribution >= 0.6 is 0 Å². The van der Waals surface area contributed by atoms with Crippen molar-refractivity contribution in [3.63, 3.8) is 0 Å². The Labute approximate surface area is 145 Å². The van der Waals surface area contributed by atoms with Crippen molar-refractivity contribution in [1.29, 1.82) is 0 Å². The normalized spacial score (nSPS) is 30.5. The third-order valence-electron chi connectivity index (χ3n) is 5.16. The summed E-state index contributed by atoms with van der Waals surface area (Å²) in [6.07, 6.45) is 1.95. The van der Waals surface area contributed by atoms with Gasteiger partial charge in [0, 0.05) is 18.1 Å². The van der Waals surface area contributed by atoms with Crippen LogP contribution in [0.2, 0.25) is 0 Å². The van der Waals surface area contributed by atoms with E-state index in [9.17, 15) is 8.78 Å². The molecule has 2 unspecified atom stereocenters. The number of fused-ring (bicyclic) bond motifs is 1. The van der Waals surface area contributed by atoms with Crippen molar-refractivity contribution in [2.24, 2.45) is 11.8 Å². The molecule has 0 spiro atoms. The molecule has 2 aliphatic heterocycles. The number of benzene rings is 2. The smallest absolute Gasteiger partial charge is 0.183 e. The summed E-state index contributed by atoms with van der Waals surface area (Å²) in [7, 11) is 0. The number of rotatable bonds is 2. The van der Waals surface area contributed by atoms with Gasteiger partial charge < -0.3 is 14.2 Å². The summed E-state index contributed by atoms with van der Waals surface area (Å²) in [6.45, 7) is 4.17. The second kappa shape index (κ2) is 6.98. The zero-order valence-electron chi connectivity index (χ0n) is 14.2. The fourth-order valence-electron chi connectivity index (χ4n) is 3.61. The summed E-state index contributed by atoms with van der Waals surface area (Å²) in [4.78, 5) is 0. The molecule has 5 heteroatoms. The molecule has 2 aromatic carbocycles. The van der Waals surface area contributed by atoms with Crippen LogP contribution in [0.25, 0.3) is 10.8 Å². The molecule has 4 rings (SSSR count). The minimum atomic E-state index is -0.848. The maximum absolute atomic E-state index is 13.5. The van der Waals surface area contributed by atoms with Crippen LogP contribution in [-0.4, -0.2) is 25.9 Å². The van der Waals surface area contributed by atoms with Crippen molar-refractivity contribution in [1.82, 2.24) is 0 Å². The Morgan fingerprint density at radius 3 is 2.24 bits per heavy atom. The van der Waals surface area contributed by atoms with Crippen LogP contribution in [-0.2, 0) is 14.2 Å². The van der Waals surface area contributed by atoms with Crippen LogP contribution in [0.1, 0.15) is 31.6 Å². The second-order valence-electron chi connectivity index (χ2n) is 7.19. The maximum atomic E-state index is 13.5. The van der Waals surface area contributed by atoms with Gasteiger partial charge in [0.15, 0.2) is 17.9 Å². The predicted octanol–water partition coefficient (Wildman–Crippen LogP) is 4.59. The highest BCUT2D eigenvalue weighted by atomic mass is 19.2. The van der Waals surface area contributed by atoms with Gasteiger partial charge in [-0.1, -0.05) is 19.1 Å². The average Bonchev–Trinajstić information content (AvgIpc) is 2.63. The fraction of sp³-hybridized carbons (Fsp3) is 0.500. The van der Waals surface area contributed by atoms with Gasteiger partial charge in [-0.3, -0.25) is 0 Å². The Kier molecular flexibility index (Phi) is 4.71. The molecule has 134 valence electrons.